The van der Waals surface area contributed by atoms with E-state index in [0.717, 1.165) is 12.8 Å². The van der Waals surface area contributed by atoms with Crippen molar-refractivity contribution in [3.05, 3.63) is 24.3 Å². The van der Waals surface area contributed by atoms with Crippen molar-refractivity contribution in [2.45, 2.75) is 38.5 Å². The van der Waals surface area contributed by atoms with Gasteiger partial charge in [0, 0.05) is 26.2 Å². The number of ether oxygens (including phenoxy) is 1. The maximum atomic E-state index is 12.7. The fourth-order valence-electron chi connectivity index (χ4n) is 2.89. The Labute approximate surface area is 150 Å². The highest BCUT2D eigenvalue weighted by Crippen LogP contribution is 2.24. The number of piperidine rings is 1. The Hall–Kier alpha value is -1.60. The van der Waals surface area contributed by atoms with Gasteiger partial charge >= 0.3 is 0 Å². The number of rotatable bonds is 7. The van der Waals surface area contributed by atoms with Crippen molar-refractivity contribution in [2.75, 3.05) is 32.8 Å². The van der Waals surface area contributed by atoms with Gasteiger partial charge in [-0.1, -0.05) is 6.92 Å². The lowest BCUT2D eigenvalue weighted by molar-refractivity contribution is -0.132. The zero-order valence-corrected chi connectivity index (χ0v) is 16.1. The molecule has 0 N–H and O–H groups in total. The smallest absolute Gasteiger partial charge is 0.260 e. The molecule has 1 aromatic rings. The molecular formula is C18H28N2O4S. The number of hydrogen-bond donors (Lipinski definition) is 0. The summed E-state index contributed by atoms with van der Waals surface area (Å²) in [6.45, 7) is 8.37. The molecule has 1 aliphatic heterocycles. The molecule has 0 radical (unpaired) electrons. The number of likely N-dealkylation sites (N-methyl/N-ethyl adjacent to an activating group) is 1. The molecule has 6 nitrogen and oxygen atoms in total. The molecule has 1 amide bonds. The number of nitrogens with zero attached hydrogens (tertiary/aromatic N) is 2. The molecule has 25 heavy (non-hydrogen) atoms. The monoisotopic (exact) mass is 368 g/mol. The minimum absolute atomic E-state index is 0.0439. The summed E-state index contributed by atoms with van der Waals surface area (Å²) in [5, 5.41) is 0. The van der Waals surface area contributed by atoms with Crippen molar-refractivity contribution in [1.29, 1.82) is 0 Å². The highest BCUT2D eigenvalue weighted by molar-refractivity contribution is 7.89. The summed E-state index contributed by atoms with van der Waals surface area (Å²) in [5.41, 5.74) is 0. The quantitative estimate of drug-likeness (QED) is 0.741. The SMILES string of the molecule is CCN(CC)C(=O)COc1ccc(S(=O)(=O)N2CCC(C)CC2)cc1. The van der Waals surface area contributed by atoms with Crippen molar-refractivity contribution in [3.63, 3.8) is 0 Å². The average Bonchev–Trinajstić information content (AvgIpc) is 2.61. The summed E-state index contributed by atoms with van der Waals surface area (Å²) in [6, 6.07) is 6.30. The summed E-state index contributed by atoms with van der Waals surface area (Å²) in [7, 11) is -3.45. The van der Waals surface area contributed by atoms with Crippen LogP contribution in [-0.2, 0) is 14.8 Å². The summed E-state index contributed by atoms with van der Waals surface area (Å²) in [6.07, 6.45) is 1.79. The molecule has 2 rings (SSSR count). The van der Waals surface area contributed by atoms with E-state index in [1.807, 2.05) is 13.8 Å². The van der Waals surface area contributed by atoms with Gasteiger partial charge in [0.2, 0.25) is 10.0 Å². The van der Waals surface area contributed by atoms with E-state index in [2.05, 4.69) is 6.92 Å². The van der Waals surface area contributed by atoms with Gasteiger partial charge in [-0.25, -0.2) is 8.42 Å². The highest BCUT2D eigenvalue weighted by Gasteiger charge is 2.27. The third-order valence-electron chi connectivity index (χ3n) is 4.68. The van der Waals surface area contributed by atoms with E-state index < -0.39 is 10.0 Å². The Morgan fingerprint density at radius 1 is 1.16 bits per heavy atom. The van der Waals surface area contributed by atoms with E-state index >= 15 is 0 Å². The molecule has 0 unspecified atom stereocenters. The van der Waals surface area contributed by atoms with E-state index in [-0.39, 0.29) is 17.4 Å². The molecule has 0 atom stereocenters. The van der Waals surface area contributed by atoms with Crippen LogP contribution in [0.4, 0.5) is 0 Å². The number of carbonyl (C=O) groups excluding carboxylic acids is 1. The summed E-state index contributed by atoms with van der Waals surface area (Å²) < 4.78 is 32.4. The van der Waals surface area contributed by atoms with Gasteiger partial charge in [-0.3, -0.25) is 4.79 Å². The number of carbonyl (C=O) groups is 1. The van der Waals surface area contributed by atoms with Crippen molar-refractivity contribution in [2.24, 2.45) is 5.92 Å². The maximum Gasteiger partial charge on any atom is 0.260 e. The standard InChI is InChI=1S/C18H28N2O4S/c1-4-19(5-2)18(21)14-24-16-6-8-17(9-7-16)25(22,23)20-12-10-15(3)11-13-20/h6-9,15H,4-5,10-14H2,1-3H3. The molecule has 0 saturated carbocycles. The lowest BCUT2D eigenvalue weighted by Gasteiger charge is -2.29. The van der Waals surface area contributed by atoms with Crippen LogP contribution in [0.5, 0.6) is 5.75 Å². The van der Waals surface area contributed by atoms with Crippen LogP contribution in [0, 0.1) is 5.92 Å². The topological polar surface area (TPSA) is 66.9 Å². The van der Waals surface area contributed by atoms with E-state index in [9.17, 15) is 13.2 Å². The second-order valence-corrected chi connectivity index (χ2v) is 8.35. The van der Waals surface area contributed by atoms with Crippen molar-refractivity contribution >= 4 is 15.9 Å². The molecule has 140 valence electrons. The molecule has 0 bridgehead atoms. The summed E-state index contributed by atoms with van der Waals surface area (Å²) in [5.74, 6) is 0.987. The van der Waals surface area contributed by atoms with Crippen molar-refractivity contribution in [3.8, 4) is 5.75 Å². The predicted octanol–water partition coefficient (Wildman–Crippen LogP) is 2.35. The minimum Gasteiger partial charge on any atom is -0.484 e. The maximum absolute atomic E-state index is 12.7. The Bertz CT molecular complexity index is 661. The second kappa shape index (κ2) is 8.67. The van der Waals surface area contributed by atoms with Gasteiger partial charge in [-0.2, -0.15) is 4.31 Å². The lowest BCUT2D eigenvalue weighted by Crippen LogP contribution is -2.37. The number of amides is 1. The molecule has 1 fully saturated rings. The molecule has 1 heterocycles. The predicted molar refractivity (Wildman–Crippen MR) is 97.0 cm³/mol. The minimum atomic E-state index is -3.45. The normalized spacial score (nSPS) is 16.6. The Morgan fingerprint density at radius 3 is 2.24 bits per heavy atom. The first-order chi connectivity index (χ1) is 11.9. The van der Waals surface area contributed by atoms with Crippen molar-refractivity contribution in [1.82, 2.24) is 9.21 Å². The number of hydrogen-bond acceptors (Lipinski definition) is 4. The lowest BCUT2D eigenvalue weighted by atomic mass is 10.0. The molecule has 0 aliphatic carbocycles. The molecule has 0 spiro atoms. The van der Waals surface area contributed by atoms with Crippen LogP contribution >= 0.6 is 0 Å². The molecule has 7 heteroatoms. The third-order valence-corrected chi connectivity index (χ3v) is 6.60. The third kappa shape index (κ3) is 4.95. The summed E-state index contributed by atoms with van der Waals surface area (Å²) >= 11 is 0. The van der Waals surface area contributed by atoms with Crippen LogP contribution in [0.2, 0.25) is 0 Å². The van der Waals surface area contributed by atoms with Crippen LogP contribution in [-0.4, -0.2) is 56.3 Å². The average molecular weight is 368 g/mol. The molecule has 1 saturated heterocycles. The first-order valence-electron chi connectivity index (χ1n) is 8.89. The molecular weight excluding hydrogens is 340 g/mol. The molecule has 1 aliphatic rings. The first kappa shape index (κ1) is 19.7. The van der Waals surface area contributed by atoms with Crippen LogP contribution in [0.1, 0.15) is 33.6 Å². The Kier molecular flexibility index (Phi) is 6.84. The van der Waals surface area contributed by atoms with Gasteiger partial charge in [0.05, 0.1) is 4.90 Å². The van der Waals surface area contributed by atoms with E-state index in [1.54, 1.807) is 33.5 Å². The first-order valence-corrected chi connectivity index (χ1v) is 10.3. The van der Waals surface area contributed by atoms with Gasteiger partial charge in [0.25, 0.3) is 5.91 Å². The Morgan fingerprint density at radius 2 is 1.72 bits per heavy atom. The summed E-state index contributed by atoms with van der Waals surface area (Å²) in [4.78, 5) is 13.9. The number of benzene rings is 1. The van der Waals surface area contributed by atoms with Gasteiger partial charge in [0.1, 0.15) is 5.75 Å². The van der Waals surface area contributed by atoms with Gasteiger partial charge in [-0.05, 0) is 56.9 Å². The van der Waals surface area contributed by atoms with Gasteiger partial charge < -0.3 is 9.64 Å². The fourth-order valence-corrected chi connectivity index (χ4v) is 4.36. The largest absolute Gasteiger partial charge is 0.484 e. The fraction of sp³-hybridized carbons (Fsp3) is 0.611. The molecule has 1 aromatic carbocycles. The Balaban J connectivity index is 1.98. The zero-order valence-electron chi connectivity index (χ0n) is 15.3. The van der Waals surface area contributed by atoms with E-state index in [4.69, 9.17) is 4.74 Å². The highest BCUT2D eigenvalue weighted by atomic mass is 32.2. The van der Waals surface area contributed by atoms with Crippen molar-refractivity contribution < 1.29 is 17.9 Å². The van der Waals surface area contributed by atoms with Crippen LogP contribution < -0.4 is 4.74 Å². The van der Waals surface area contributed by atoms with E-state index in [0.29, 0.717) is 37.8 Å². The van der Waals surface area contributed by atoms with Crippen LogP contribution in [0.3, 0.4) is 0 Å². The van der Waals surface area contributed by atoms with Gasteiger partial charge in [0.15, 0.2) is 6.61 Å². The molecule has 0 aromatic heterocycles. The van der Waals surface area contributed by atoms with E-state index in [1.165, 1.54) is 0 Å². The zero-order chi connectivity index (χ0) is 18.4. The van der Waals surface area contributed by atoms with Gasteiger partial charge in [-0.15, -0.1) is 0 Å². The van der Waals surface area contributed by atoms with Crippen LogP contribution in [0.25, 0.3) is 0 Å². The van der Waals surface area contributed by atoms with Crippen LogP contribution in [0.15, 0.2) is 29.2 Å². The number of sulfonamides is 1. The second-order valence-electron chi connectivity index (χ2n) is 6.41.